The van der Waals surface area contributed by atoms with Crippen molar-refractivity contribution in [2.24, 2.45) is 5.92 Å². The molecular weight excluding hydrogens is 348 g/mol. The first kappa shape index (κ1) is 16.5. The van der Waals surface area contributed by atoms with Crippen molar-refractivity contribution in [1.82, 2.24) is 14.6 Å². The monoisotopic (exact) mass is 372 g/mol. The van der Waals surface area contributed by atoms with Crippen molar-refractivity contribution in [3.05, 3.63) is 23.9 Å². The van der Waals surface area contributed by atoms with Crippen molar-refractivity contribution in [3.8, 4) is 0 Å². The maximum Gasteiger partial charge on any atom is 0.271 e. The van der Waals surface area contributed by atoms with E-state index in [-0.39, 0.29) is 18.1 Å². The number of benzene rings is 1. The molecule has 1 aromatic heterocycles. The van der Waals surface area contributed by atoms with Crippen molar-refractivity contribution in [1.29, 1.82) is 0 Å². The zero-order valence-corrected chi connectivity index (χ0v) is 15.5. The molecule has 6 nitrogen and oxygen atoms in total. The maximum absolute atomic E-state index is 12.8. The Bertz CT molecular complexity index is 830. The molecule has 0 spiro atoms. The van der Waals surface area contributed by atoms with Gasteiger partial charge < -0.3 is 20.2 Å². The molecule has 0 aliphatic carbocycles. The fourth-order valence-corrected chi connectivity index (χ4v) is 5.44. The Morgan fingerprint density at radius 2 is 2.04 bits per heavy atom. The summed E-state index contributed by atoms with van der Waals surface area (Å²) in [5, 5.41) is 13.9. The molecule has 138 valence electrons. The Balaban J connectivity index is 1.35. The van der Waals surface area contributed by atoms with Gasteiger partial charge in [0.2, 0.25) is 0 Å². The van der Waals surface area contributed by atoms with Gasteiger partial charge in [0.25, 0.3) is 5.91 Å². The van der Waals surface area contributed by atoms with E-state index in [9.17, 15) is 9.90 Å². The summed E-state index contributed by atoms with van der Waals surface area (Å²) in [4.78, 5) is 17.5. The number of rotatable bonds is 3. The van der Waals surface area contributed by atoms with Gasteiger partial charge in [-0.1, -0.05) is 0 Å². The molecule has 1 unspecified atom stereocenters. The molecule has 0 radical (unpaired) electrons. The van der Waals surface area contributed by atoms with Crippen molar-refractivity contribution >= 4 is 33.2 Å². The summed E-state index contributed by atoms with van der Waals surface area (Å²) in [5.74, 6) is 0.571. The summed E-state index contributed by atoms with van der Waals surface area (Å²) in [7, 11) is 0. The molecule has 2 N–H and O–H groups in total. The predicted octanol–water partition coefficient (Wildman–Crippen LogP) is 1.69. The lowest BCUT2D eigenvalue weighted by Crippen LogP contribution is -2.57. The van der Waals surface area contributed by atoms with Gasteiger partial charge in [-0.2, -0.15) is 4.37 Å². The first-order valence-electron chi connectivity index (χ1n) is 9.53. The number of nitrogens with zero attached hydrogens (tertiary/aromatic N) is 3. The van der Waals surface area contributed by atoms with E-state index >= 15 is 0 Å². The highest BCUT2D eigenvalue weighted by Crippen LogP contribution is 2.31. The number of fused-ring (bicyclic) bond motifs is 4. The number of anilines is 1. The van der Waals surface area contributed by atoms with Crippen molar-refractivity contribution in [3.63, 3.8) is 0 Å². The normalized spacial score (nSPS) is 30.9. The smallest absolute Gasteiger partial charge is 0.271 e. The molecule has 1 amide bonds. The summed E-state index contributed by atoms with van der Waals surface area (Å²) in [6.07, 6.45) is 2.95. The summed E-state index contributed by atoms with van der Waals surface area (Å²) in [6.45, 7) is 4.87. The largest absolute Gasteiger partial charge is 0.391 e. The number of hydrogen-bond acceptors (Lipinski definition) is 6. The molecular formula is C19H24N4O2S. The molecule has 26 heavy (non-hydrogen) atoms. The minimum atomic E-state index is -0.241. The third-order valence-electron chi connectivity index (χ3n) is 6.17. The fourth-order valence-electron chi connectivity index (χ4n) is 4.63. The molecule has 4 saturated heterocycles. The van der Waals surface area contributed by atoms with Gasteiger partial charge in [-0.25, -0.2) is 0 Å². The number of amides is 1. The quantitative estimate of drug-likeness (QED) is 0.858. The van der Waals surface area contributed by atoms with Gasteiger partial charge in [-0.3, -0.25) is 4.79 Å². The molecule has 1 aromatic carbocycles. The molecule has 4 aliphatic heterocycles. The lowest BCUT2D eigenvalue weighted by atomic mass is 9.84. The van der Waals surface area contributed by atoms with Crippen LogP contribution in [0.2, 0.25) is 0 Å². The van der Waals surface area contributed by atoms with Crippen LogP contribution in [0.15, 0.2) is 18.2 Å². The van der Waals surface area contributed by atoms with Crippen molar-refractivity contribution in [2.75, 3.05) is 37.6 Å². The number of carbonyl (C=O) groups is 1. The van der Waals surface area contributed by atoms with Gasteiger partial charge in [-0.05, 0) is 68.0 Å². The number of aliphatic hydroxyl groups is 1. The van der Waals surface area contributed by atoms with Gasteiger partial charge in [0.1, 0.15) is 5.69 Å². The summed E-state index contributed by atoms with van der Waals surface area (Å²) < 4.78 is 5.48. The van der Waals surface area contributed by atoms with Crippen LogP contribution in [0.3, 0.4) is 0 Å². The van der Waals surface area contributed by atoms with Crippen LogP contribution >= 0.6 is 11.5 Å². The van der Waals surface area contributed by atoms with E-state index < -0.39 is 0 Å². The first-order chi connectivity index (χ1) is 12.7. The van der Waals surface area contributed by atoms with Gasteiger partial charge in [0.05, 0.1) is 10.8 Å². The average molecular weight is 372 g/mol. The van der Waals surface area contributed by atoms with E-state index in [1.807, 2.05) is 12.1 Å². The Morgan fingerprint density at radius 3 is 2.73 bits per heavy atom. The molecule has 2 bridgehead atoms. The summed E-state index contributed by atoms with van der Waals surface area (Å²) in [5.41, 5.74) is 1.65. The minimum Gasteiger partial charge on any atom is -0.391 e. The van der Waals surface area contributed by atoms with Crippen LogP contribution in [-0.2, 0) is 0 Å². The number of nitrogens with one attached hydrogen (secondary N) is 1. The van der Waals surface area contributed by atoms with Crippen LogP contribution in [0.25, 0.3) is 10.1 Å². The zero-order chi connectivity index (χ0) is 17.7. The molecule has 4 fully saturated rings. The average Bonchev–Trinajstić information content (AvgIpc) is 3.28. The molecule has 6 rings (SSSR count). The number of hydrogen-bond donors (Lipinski definition) is 2. The third kappa shape index (κ3) is 2.88. The number of carbonyl (C=O) groups excluding carboxylic acids is 1. The fraction of sp³-hybridized carbons (Fsp3) is 0.579. The second-order valence-electron chi connectivity index (χ2n) is 7.82. The topological polar surface area (TPSA) is 68.7 Å². The van der Waals surface area contributed by atoms with Crippen LogP contribution in [0.5, 0.6) is 0 Å². The van der Waals surface area contributed by atoms with Crippen LogP contribution in [0, 0.1) is 5.92 Å². The lowest BCUT2D eigenvalue weighted by molar-refractivity contribution is 0.0619. The van der Waals surface area contributed by atoms with Crippen molar-refractivity contribution in [2.45, 2.75) is 31.4 Å². The summed E-state index contributed by atoms with van der Waals surface area (Å²) in [6, 6.07) is 6.40. The highest BCUT2D eigenvalue weighted by Gasteiger charge is 2.35. The molecule has 0 saturated carbocycles. The predicted molar refractivity (Wildman–Crippen MR) is 103 cm³/mol. The van der Waals surface area contributed by atoms with E-state index in [1.54, 1.807) is 0 Å². The van der Waals surface area contributed by atoms with E-state index in [2.05, 4.69) is 25.6 Å². The zero-order valence-electron chi connectivity index (χ0n) is 14.7. The summed E-state index contributed by atoms with van der Waals surface area (Å²) >= 11 is 1.38. The van der Waals surface area contributed by atoms with Gasteiger partial charge in [0.15, 0.2) is 0 Å². The Labute approximate surface area is 157 Å². The Hall–Kier alpha value is -1.70. The van der Waals surface area contributed by atoms with Gasteiger partial charge in [0, 0.05) is 36.7 Å². The SMILES string of the molecule is O=C(N[C@@H]1CN2CCC1CC2)c1nsc2cc(N3CCC(O)C3)ccc12. The second kappa shape index (κ2) is 6.48. The van der Waals surface area contributed by atoms with E-state index in [1.165, 1.54) is 37.5 Å². The van der Waals surface area contributed by atoms with Crippen LogP contribution in [-0.4, -0.2) is 65.2 Å². The van der Waals surface area contributed by atoms with Crippen LogP contribution in [0.1, 0.15) is 29.8 Å². The Morgan fingerprint density at radius 1 is 1.19 bits per heavy atom. The number of aliphatic hydroxyl groups excluding tert-OH is 1. The minimum absolute atomic E-state index is 0.0423. The maximum atomic E-state index is 12.8. The molecule has 2 atom stereocenters. The molecule has 7 heteroatoms. The van der Waals surface area contributed by atoms with E-state index in [4.69, 9.17) is 0 Å². The van der Waals surface area contributed by atoms with Crippen LogP contribution < -0.4 is 10.2 Å². The van der Waals surface area contributed by atoms with Gasteiger partial charge in [-0.15, -0.1) is 0 Å². The Kier molecular flexibility index (Phi) is 4.10. The number of β-amino-alcohol motifs (C(OH)–C–C–N with tert-alkyl or cyclic N) is 1. The van der Waals surface area contributed by atoms with Crippen LogP contribution in [0.4, 0.5) is 5.69 Å². The molecule has 4 aliphatic rings. The number of aromatic nitrogens is 1. The third-order valence-corrected chi connectivity index (χ3v) is 6.98. The number of piperidine rings is 3. The van der Waals surface area contributed by atoms with E-state index in [0.717, 1.165) is 35.3 Å². The van der Waals surface area contributed by atoms with Gasteiger partial charge >= 0.3 is 0 Å². The highest BCUT2D eigenvalue weighted by atomic mass is 32.1. The first-order valence-corrected chi connectivity index (χ1v) is 10.3. The lowest BCUT2D eigenvalue weighted by Gasteiger charge is -2.44. The molecule has 5 heterocycles. The van der Waals surface area contributed by atoms with Crippen molar-refractivity contribution < 1.29 is 9.90 Å². The van der Waals surface area contributed by atoms with E-state index in [0.29, 0.717) is 18.2 Å². The molecule has 2 aromatic rings. The highest BCUT2D eigenvalue weighted by molar-refractivity contribution is 7.13. The standard InChI is InChI=1S/C19H24N4O2S/c24-14-5-8-23(10-14)13-1-2-15-17(9-13)26-21-18(15)19(25)20-16-11-22-6-3-12(16)4-7-22/h1-2,9,12,14,16,24H,3-8,10-11H2,(H,20,25)/t14?,16-/m1/s1. The second-order valence-corrected chi connectivity index (χ2v) is 8.62.